The number of carbonyl (C=O) groups excluding carboxylic acids is 1. The number of carbonyl (C=O) groups is 1. The van der Waals surface area contributed by atoms with E-state index in [2.05, 4.69) is 9.82 Å². The number of hydrogen-bond acceptors (Lipinski definition) is 5. The first-order valence-corrected chi connectivity index (χ1v) is 10.1. The lowest BCUT2D eigenvalue weighted by Crippen LogP contribution is -2.25. The molecule has 0 aliphatic carbocycles. The summed E-state index contributed by atoms with van der Waals surface area (Å²) in [4.78, 5) is 11.4. The predicted octanol–water partition coefficient (Wildman–Crippen LogP) is 3.50. The van der Waals surface area contributed by atoms with Gasteiger partial charge in [0.15, 0.2) is 0 Å². The Kier molecular flexibility index (Phi) is 7.39. The number of fused-ring (bicyclic) bond motifs is 1. The van der Waals surface area contributed by atoms with Crippen molar-refractivity contribution in [2.45, 2.75) is 13.3 Å². The van der Waals surface area contributed by atoms with Gasteiger partial charge in [-0.3, -0.25) is 9.36 Å². The average Bonchev–Trinajstić information content (AvgIpc) is 2.66. The molecule has 0 aromatic heterocycles. The van der Waals surface area contributed by atoms with Crippen molar-refractivity contribution in [3.05, 3.63) is 54.1 Å². The predicted molar refractivity (Wildman–Crippen MR) is 103 cm³/mol. The van der Waals surface area contributed by atoms with Gasteiger partial charge in [0, 0.05) is 5.39 Å². The summed E-state index contributed by atoms with van der Waals surface area (Å²) in [7, 11) is -2.08. The van der Waals surface area contributed by atoms with Crippen molar-refractivity contribution in [1.82, 2.24) is 5.09 Å². The van der Waals surface area contributed by atoms with Gasteiger partial charge in [-0.25, -0.2) is 5.09 Å². The van der Waals surface area contributed by atoms with Crippen LogP contribution in [-0.2, 0) is 14.1 Å². The molecule has 7 heteroatoms. The summed E-state index contributed by atoms with van der Waals surface area (Å²) < 4.78 is 23.8. The number of ether oxygens (including phenoxy) is 1. The van der Waals surface area contributed by atoms with Crippen molar-refractivity contribution in [3.8, 4) is 5.75 Å². The molecule has 2 aromatic rings. The fourth-order valence-corrected chi connectivity index (χ4v) is 4.02. The van der Waals surface area contributed by atoms with Gasteiger partial charge in [0.05, 0.1) is 19.9 Å². The summed E-state index contributed by atoms with van der Waals surface area (Å²) >= 11 is 0. The number of benzene rings is 2. The van der Waals surface area contributed by atoms with Crippen molar-refractivity contribution in [1.29, 1.82) is 0 Å². The maximum Gasteiger partial charge on any atom is 0.320 e. The van der Waals surface area contributed by atoms with E-state index in [0.29, 0.717) is 12.2 Å². The minimum absolute atomic E-state index is 0.0515. The molecule has 0 amide bonds. The van der Waals surface area contributed by atoms with Gasteiger partial charge in [-0.05, 0) is 24.8 Å². The lowest BCUT2D eigenvalue weighted by molar-refractivity contribution is -0.139. The molecule has 0 bridgehead atoms. The van der Waals surface area contributed by atoms with Crippen molar-refractivity contribution in [2.24, 2.45) is 0 Å². The Bertz CT molecular complexity index is 828. The number of methoxy groups -OCH3 is 1. The van der Waals surface area contributed by atoms with Gasteiger partial charge < -0.3 is 14.4 Å². The molecule has 1 unspecified atom stereocenters. The molecule has 0 spiro atoms. The lowest BCUT2D eigenvalue weighted by atomic mass is 10.1. The molecule has 0 saturated heterocycles. The normalized spacial score (nSPS) is 14.0. The molecule has 26 heavy (non-hydrogen) atoms. The SMILES string of the molecule is COC(=O)CNP(=O)(CC/C=C(\C)CO)Oc1cccc2ccccc12. The first-order valence-electron chi connectivity index (χ1n) is 8.32. The van der Waals surface area contributed by atoms with Crippen LogP contribution < -0.4 is 9.61 Å². The summed E-state index contributed by atoms with van der Waals surface area (Å²) in [6, 6.07) is 13.2. The molecule has 0 heterocycles. The van der Waals surface area contributed by atoms with E-state index in [4.69, 9.17) is 9.63 Å². The first kappa shape index (κ1) is 20.2. The summed E-state index contributed by atoms with van der Waals surface area (Å²) in [5.74, 6) is -0.0273. The molecule has 2 N–H and O–H groups in total. The number of hydrogen-bond donors (Lipinski definition) is 2. The van der Waals surface area contributed by atoms with Crippen LogP contribution in [0.25, 0.3) is 10.8 Å². The van der Waals surface area contributed by atoms with Crippen LogP contribution in [0.3, 0.4) is 0 Å². The van der Waals surface area contributed by atoms with Crippen LogP contribution in [0.1, 0.15) is 13.3 Å². The van der Waals surface area contributed by atoms with E-state index >= 15 is 0 Å². The number of nitrogens with one attached hydrogen (secondary N) is 1. The monoisotopic (exact) mass is 377 g/mol. The van der Waals surface area contributed by atoms with E-state index in [9.17, 15) is 9.36 Å². The molecule has 0 aliphatic rings. The van der Waals surface area contributed by atoms with Crippen molar-refractivity contribution >= 4 is 24.3 Å². The fraction of sp³-hybridized carbons (Fsp3) is 0.316. The van der Waals surface area contributed by atoms with Gasteiger partial charge in [-0.1, -0.05) is 48.0 Å². The van der Waals surface area contributed by atoms with Crippen LogP contribution in [0.15, 0.2) is 54.1 Å². The van der Waals surface area contributed by atoms with Gasteiger partial charge in [0.1, 0.15) is 12.3 Å². The van der Waals surface area contributed by atoms with E-state index < -0.39 is 13.5 Å². The highest BCUT2D eigenvalue weighted by atomic mass is 31.2. The van der Waals surface area contributed by atoms with Crippen molar-refractivity contribution < 1.29 is 23.7 Å². The third-order valence-electron chi connectivity index (χ3n) is 3.85. The van der Waals surface area contributed by atoms with Gasteiger partial charge in [0.25, 0.3) is 0 Å². The second-order valence-electron chi connectivity index (χ2n) is 5.87. The molecule has 0 aliphatic heterocycles. The largest absolute Gasteiger partial charge is 0.468 e. The van der Waals surface area contributed by atoms with Crippen LogP contribution in [-0.4, -0.2) is 37.5 Å². The lowest BCUT2D eigenvalue weighted by Gasteiger charge is -2.21. The van der Waals surface area contributed by atoms with Crippen molar-refractivity contribution in [2.75, 3.05) is 26.4 Å². The zero-order valence-corrected chi connectivity index (χ0v) is 15.9. The number of rotatable bonds is 9. The maximum atomic E-state index is 13.3. The summed E-state index contributed by atoms with van der Waals surface area (Å²) in [5.41, 5.74) is 0.787. The van der Waals surface area contributed by atoms with E-state index in [1.54, 1.807) is 19.1 Å². The molecule has 0 saturated carbocycles. The Labute approximate surface area is 153 Å². The van der Waals surface area contributed by atoms with Gasteiger partial charge >= 0.3 is 13.5 Å². The molecule has 0 fully saturated rings. The van der Waals surface area contributed by atoms with Gasteiger partial charge in [0.2, 0.25) is 0 Å². The molecule has 2 aromatic carbocycles. The summed E-state index contributed by atoms with van der Waals surface area (Å²) in [5, 5.41) is 13.6. The molecule has 140 valence electrons. The Morgan fingerprint density at radius 3 is 2.69 bits per heavy atom. The zero-order valence-electron chi connectivity index (χ0n) is 15.0. The van der Waals surface area contributed by atoms with Crippen LogP contribution in [0.4, 0.5) is 0 Å². The summed E-state index contributed by atoms with van der Waals surface area (Å²) in [6.45, 7) is 1.53. The van der Waals surface area contributed by atoms with Crippen LogP contribution in [0, 0.1) is 0 Å². The Morgan fingerprint density at radius 1 is 1.23 bits per heavy atom. The van der Waals surface area contributed by atoms with Crippen LogP contribution >= 0.6 is 7.52 Å². The molecule has 0 radical (unpaired) electrons. The minimum Gasteiger partial charge on any atom is -0.468 e. The maximum absolute atomic E-state index is 13.3. The van der Waals surface area contributed by atoms with Crippen molar-refractivity contribution in [3.63, 3.8) is 0 Å². The smallest absolute Gasteiger partial charge is 0.320 e. The van der Waals surface area contributed by atoms with Gasteiger partial charge in [-0.2, -0.15) is 0 Å². The van der Waals surface area contributed by atoms with E-state index in [-0.39, 0.29) is 19.3 Å². The topological polar surface area (TPSA) is 84.9 Å². The Balaban J connectivity index is 2.24. The molecule has 2 rings (SSSR count). The van der Waals surface area contributed by atoms with Crippen LogP contribution in [0.5, 0.6) is 5.75 Å². The van der Waals surface area contributed by atoms with E-state index in [1.165, 1.54) is 7.11 Å². The highest BCUT2D eigenvalue weighted by molar-refractivity contribution is 7.57. The first-order chi connectivity index (χ1) is 12.5. The highest BCUT2D eigenvalue weighted by Gasteiger charge is 2.25. The number of esters is 1. The third kappa shape index (κ3) is 5.70. The number of aliphatic hydroxyl groups excluding tert-OH is 1. The highest BCUT2D eigenvalue weighted by Crippen LogP contribution is 2.45. The molecule has 1 atom stereocenters. The second kappa shape index (κ2) is 9.53. The number of aliphatic hydroxyl groups is 1. The van der Waals surface area contributed by atoms with Gasteiger partial charge in [-0.15, -0.1) is 0 Å². The molecule has 6 nitrogen and oxygen atoms in total. The Hall–Kier alpha value is -2.14. The summed E-state index contributed by atoms with van der Waals surface area (Å²) in [6.07, 6.45) is 2.44. The quantitative estimate of drug-likeness (QED) is 0.395. The standard InChI is InChI=1S/C19H24NO5P/c1-15(14-21)7-6-12-26(23,20-13-19(22)24-2)25-18-11-5-9-16-8-3-4-10-17(16)18/h3-5,7-11,21H,6,12-14H2,1-2H3,(H,20,23)/b15-7+. The molecular weight excluding hydrogens is 353 g/mol. The second-order valence-corrected chi connectivity index (χ2v) is 8.17. The van der Waals surface area contributed by atoms with E-state index in [0.717, 1.165) is 16.3 Å². The fourth-order valence-electron chi connectivity index (χ4n) is 2.39. The third-order valence-corrected chi connectivity index (χ3v) is 5.83. The Morgan fingerprint density at radius 2 is 1.96 bits per heavy atom. The average molecular weight is 377 g/mol. The molecular formula is C19H24NO5P. The number of allylic oxidation sites excluding steroid dienone is 1. The van der Waals surface area contributed by atoms with Crippen LogP contribution in [0.2, 0.25) is 0 Å². The minimum atomic E-state index is -3.36. The zero-order chi connectivity index (χ0) is 19.0. The van der Waals surface area contributed by atoms with E-state index in [1.807, 2.05) is 36.4 Å².